The molecular formula is C23H16F6N4O3. The van der Waals surface area contributed by atoms with Crippen molar-refractivity contribution in [3.8, 4) is 17.1 Å². The summed E-state index contributed by atoms with van der Waals surface area (Å²) in [4.78, 5) is 12.5. The summed E-state index contributed by atoms with van der Waals surface area (Å²) in [6.45, 7) is -0.481. The van der Waals surface area contributed by atoms with E-state index in [9.17, 15) is 31.1 Å². The fourth-order valence-corrected chi connectivity index (χ4v) is 3.40. The minimum Gasteiger partial charge on any atom is -0.496 e. The summed E-state index contributed by atoms with van der Waals surface area (Å²) in [5.41, 5.74) is -2.64. The zero-order chi connectivity index (χ0) is 26.1. The number of halogens is 6. The maximum absolute atomic E-state index is 13.4. The van der Waals surface area contributed by atoms with Crippen LogP contribution in [0.4, 0.5) is 32.0 Å². The molecule has 188 valence electrons. The Morgan fingerprint density at radius 3 is 2.50 bits per heavy atom. The Morgan fingerprint density at radius 2 is 1.81 bits per heavy atom. The quantitative estimate of drug-likeness (QED) is 0.328. The number of aromatic nitrogens is 3. The molecule has 2 aromatic carbocycles. The third-order valence-corrected chi connectivity index (χ3v) is 5.08. The van der Waals surface area contributed by atoms with Gasteiger partial charge in [0.1, 0.15) is 5.75 Å². The first-order valence-electron chi connectivity index (χ1n) is 10.2. The van der Waals surface area contributed by atoms with E-state index in [1.807, 2.05) is 0 Å². The molecule has 0 aliphatic carbocycles. The first kappa shape index (κ1) is 24.8. The van der Waals surface area contributed by atoms with Gasteiger partial charge >= 0.3 is 12.4 Å². The number of methoxy groups -OCH3 is 1. The Morgan fingerprint density at radius 1 is 1.06 bits per heavy atom. The van der Waals surface area contributed by atoms with Gasteiger partial charge < -0.3 is 14.6 Å². The van der Waals surface area contributed by atoms with Crippen LogP contribution in [0.1, 0.15) is 27.2 Å². The van der Waals surface area contributed by atoms with E-state index in [1.165, 1.54) is 25.6 Å². The first-order chi connectivity index (χ1) is 17.0. The molecule has 0 bridgehead atoms. The highest BCUT2D eigenvalue weighted by molar-refractivity contribution is 6.03. The molecule has 0 spiro atoms. The van der Waals surface area contributed by atoms with Crippen LogP contribution in [0.25, 0.3) is 11.3 Å². The van der Waals surface area contributed by atoms with Gasteiger partial charge in [-0.2, -0.15) is 31.4 Å². The molecule has 36 heavy (non-hydrogen) atoms. The van der Waals surface area contributed by atoms with Crippen LogP contribution in [0.2, 0.25) is 0 Å². The molecule has 0 radical (unpaired) electrons. The van der Waals surface area contributed by atoms with E-state index in [1.54, 1.807) is 24.3 Å². The second-order valence-electron chi connectivity index (χ2n) is 7.52. The standard InChI is InChI=1S/C23H16F6N4O3/c1-35-19-5-3-2-4-16(19)20-9-18(32-36-20)21(34)31-15-10-30-33(12-15)11-13-6-7-14(22(24,25)26)8-17(13)23(27,28)29/h2-10,12H,11H2,1H3,(H,31,34). The molecule has 0 fully saturated rings. The second-order valence-corrected chi connectivity index (χ2v) is 7.52. The van der Waals surface area contributed by atoms with Gasteiger partial charge in [0.2, 0.25) is 0 Å². The lowest BCUT2D eigenvalue weighted by atomic mass is 10.0. The summed E-state index contributed by atoms with van der Waals surface area (Å²) < 4.78 is 90.3. The SMILES string of the molecule is COc1ccccc1-c1cc(C(=O)Nc2cnn(Cc3ccc(C(F)(F)F)cc3C(F)(F)F)c2)no1. The van der Waals surface area contributed by atoms with Crippen LogP contribution in [0.5, 0.6) is 5.75 Å². The van der Waals surface area contributed by atoms with Gasteiger partial charge in [-0.05, 0) is 29.8 Å². The maximum atomic E-state index is 13.4. The number of hydrogen-bond acceptors (Lipinski definition) is 5. The van der Waals surface area contributed by atoms with Crippen LogP contribution in [0, 0.1) is 0 Å². The van der Waals surface area contributed by atoms with Crippen LogP contribution in [-0.2, 0) is 18.9 Å². The number of anilines is 1. The number of nitrogens with zero attached hydrogens (tertiary/aromatic N) is 3. The van der Waals surface area contributed by atoms with Gasteiger partial charge in [-0.15, -0.1) is 0 Å². The van der Waals surface area contributed by atoms with Crippen LogP contribution in [-0.4, -0.2) is 28.0 Å². The molecule has 0 aliphatic rings. The Labute approximate surface area is 199 Å². The number of ether oxygens (including phenoxy) is 1. The van der Waals surface area contributed by atoms with Crippen molar-refractivity contribution in [2.75, 3.05) is 12.4 Å². The fourth-order valence-electron chi connectivity index (χ4n) is 3.40. The largest absolute Gasteiger partial charge is 0.496 e. The lowest BCUT2D eigenvalue weighted by Crippen LogP contribution is -2.15. The molecule has 1 N–H and O–H groups in total. The van der Waals surface area contributed by atoms with Crippen molar-refractivity contribution in [2.45, 2.75) is 18.9 Å². The maximum Gasteiger partial charge on any atom is 0.416 e. The molecule has 4 rings (SSSR count). The zero-order valence-corrected chi connectivity index (χ0v) is 18.3. The summed E-state index contributed by atoms with van der Waals surface area (Å²) in [5.74, 6) is 0.101. The Bertz CT molecular complexity index is 1390. The number of hydrogen-bond donors (Lipinski definition) is 1. The van der Waals surface area contributed by atoms with Gasteiger partial charge in [0.15, 0.2) is 11.5 Å². The number of nitrogens with one attached hydrogen (secondary N) is 1. The van der Waals surface area contributed by atoms with Gasteiger partial charge in [-0.25, -0.2) is 0 Å². The van der Waals surface area contributed by atoms with Crippen molar-refractivity contribution in [1.29, 1.82) is 0 Å². The summed E-state index contributed by atoms with van der Waals surface area (Å²) in [6.07, 6.45) is -7.52. The monoisotopic (exact) mass is 510 g/mol. The van der Waals surface area contributed by atoms with Crippen molar-refractivity contribution in [2.24, 2.45) is 0 Å². The molecule has 0 aliphatic heterocycles. The molecule has 0 atom stereocenters. The molecule has 7 nitrogen and oxygen atoms in total. The molecule has 0 saturated heterocycles. The van der Waals surface area contributed by atoms with Crippen LogP contribution in [0.3, 0.4) is 0 Å². The highest BCUT2D eigenvalue weighted by Crippen LogP contribution is 2.37. The number of alkyl halides is 6. The minimum atomic E-state index is -5.01. The summed E-state index contributed by atoms with van der Waals surface area (Å²) in [5, 5.41) is 10.1. The van der Waals surface area contributed by atoms with Crippen molar-refractivity contribution in [3.05, 3.63) is 83.3 Å². The highest BCUT2D eigenvalue weighted by Gasteiger charge is 2.38. The summed E-state index contributed by atoms with van der Waals surface area (Å²) in [6, 6.07) is 9.68. The normalized spacial score (nSPS) is 12.0. The van der Waals surface area contributed by atoms with Crippen LogP contribution < -0.4 is 10.1 Å². The molecule has 2 heterocycles. The number of para-hydroxylation sites is 1. The Balaban J connectivity index is 1.50. The molecule has 0 unspecified atom stereocenters. The lowest BCUT2D eigenvalue weighted by Gasteiger charge is -2.16. The topological polar surface area (TPSA) is 82.2 Å². The molecule has 1 amide bonds. The van der Waals surface area contributed by atoms with Crippen LogP contribution in [0.15, 0.2) is 65.4 Å². The number of amides is 1. The van der Waals surface area contributed by atoms with E-state index < -0.39 is 41.5 Å². The number of carbonyl (C=O) groups excluding carboxylic acids is 1. The van der Waals surface area contributed by atoms with Crippen molar-refractivity contribution in [3.63, 3.8) is 0 Å². The fraction of sp³-hybridized carbons (Fsp3) is 0.174. The number of benzene rings is 2. The van der Waals surface area contributed by atoms with Crippen molar-refractivity contribution >= 4 is 11.6 Å². The Kier molecular flexibility index (Phi) is 6.48. The van der Waals surface area contributed by atoms with Gasteiger partial charge in [-0.3, -0.25) is 9.48 Å². The minimum absolute atomic E-state index is 0.0609. The van der Waals surface area contributed by atoms with E-state index in [-0.39, 0.29) is 23.2 Å². The predicted octanol–water partition coefficient (Wildman–Crippen LogP) is 5.88. The molecule has 13 heteroatoms. The molecule has 2 aromatic heterocycles. The van der Waals surface area contributed by atoms with Gasteiger partial charge in [-0.1, -0.05) is 23.4 Å². The predicted molar refractivity (Wildman–Crippen MR) is 114 cm³/mol. The van der Waals surface area contributed by atoms with Gasteiger partial charge in [0.25, 0.3) is 5.91 Å². The number of rotatable bonds is 6. The van der Waals surface area contributed by atoms with Crippen molar-refractivity contribution in [1.82, 2.24) is 14.9 Å². The molecular weight excluding hydrogens is 494 g/mol. The average molecular weight is 510 g/mol. The van der Waals surface area contributed by atoms with Crippen molar-refractivity contribution < 1.29 is 40.4 Å². The van der Waals surface area contributed by atoms with E-state index >= 15 is 0 Å². The third-order valence-electron chi connectivity index (χ3n) is 5.08. The Hall–Kier alpha value is -4.29. The van der Waals surface area contributed by atoms with E-state index in [0.717, 1.165) is 10.7 Å². The smallest absolute Gasteiger partial charge is 0.416 e. The van der Waals surface area contributed by atoms with Gasteiger partial charge in [0, 0.05) is 12.3 Å². The van der Waals surface area contributed by atoms with E-state index in [4.69, 9.17) is 9.26 Å². The molecule has 4 aromatic rings. The summed E-state index contributed by atoms with van der Waals surface area (Å²) >= 11 is 0. The van der Waals surface area contributed by atoms with Gasteiger partial charge in [0.05, 0.1) is 42.2 Å². The van der Waals surface area contributed by atoms with Crippen LogP contribution >= 0.6 is 0 Å². The average Bonchev–Trinajstić information content (AvgIpc) is 3.48. The first-order valence-corrected chi connectivity index (χ1v) is 10.2. The molecule has 0 saturated carbocycles. The zero-order valence-electron chi connectivity index (χ0n) is 18.3. The second kappa shape index (κ2) is 9.40. The van der Waals surface area contributed by atoms with E-state index in [2.05, 4.69) is 15.6 Å². The highest BCUT2D eigenvalue weighted by atomic mass is 19.4. The third kappa shape index (κ3) is 5.34. The number of carbonyl (C=O) groups is 1. The summed E-state index contributed by atoms with van der Waals surface area (Å²) in [7, 11) is 1.48. The van der Waals surface area contributed by atoms with E-state index in [0.29, 0.717) is 17.4 Å². The lowest BCUT2D eigenvalue weighted by molar-refractivity contribution is -0.143.